The van der Waals surface area contributed by atoms with Crippen molar-refractivity contribution in [3.05, 3.63) is 108 Å². The van der Waals surface area contributed by atoms with Crippen LogP contribution in [-0.4, -0.2) is 54.6 Å². The van der Waals surface area contributed by atoms with Gasteiger partial charge < -0.3 is 19.2 Å². The minimum absolute atomic E-state index is 0.284. The molecule has 0 spiro atoms. The van der Waals surface area contributed by atoms with Crippen LogP contribution in [0, 0.1) is 0 Å². The van der Waals surface area contributed by atoms with E-state index in [0.717, 1.165) is 6.42 Å². The van der Waals surface area contributed by atoms with Gasteiger partial charge in [-0.15, -0.1) is 0 Å². The Morgan fingerprint density at radius 1 is 0.535 bits per heavy atom. The number of hydrogen-bond acceptors (Lipinski definition) is 3. The monoisotopic (exact) mass is 588 g/mol. The highest BCUT2D eigenvalue weighted by atomic mass is 16.6. The molecule has 3 rings (SSSR count). The van der Waals surface area contributed by atoms with Gasteiger partial charge in [0.1, 0.15) is 0 Å². The predicted octanol–water partition coefficient (Wildman–Crippen LogP) is 8.79. The third-order valence-electron chi connectivity index (χ3n) is 8.71. The molecule has 0 aliphatic carbocycles. The van der Waals surface area contributed by atoms with Gasteiger partial charge in [-0.1, -0.05) is 144 Å². The summed E-state index contributed by atoms with van der Waals surface area (Å²) in [6.45, 7) is 15.3. The van der Waals surface area contributed by atoms with E-state index >= 15 is 0 Å². The molecule has 0 radical (unpaired) electrons. The molecule has 0 bridgehead atoms. The van der Waals surface area contributed by atoms with Crippen molar-refractivity contribution in [3.63, 3.8) is 0 Å². The Bertz CT molecular complexity index is 928. The van der Waals surface area contributed by atoms with Crippen LogP contribution in [0.4, 0.5) is 0 Å². The maximum Gasteiger partial charge on any atom is 0.633 e. The van der Waals surface area contributed by atoms with Gasteiger partial charge in [-0.2, -0.15) is 0 Å². The Morgan fingerprint density at radius 2 is 0.860 bits per heavy atom. The van der Waals surface area contributed by atoms with Crippen LogP contribution < -0.4 is 0 Å². The molecular weight excluding hydrogens is 529 g/mol. The second-order valence-corrected chi connectivity index (χ2v) is 12.0. The largest absolute Gasteiger partial charge is 0.633 e. The minimum atomic E-state index is -1.73. The van der Waals surface area contributed by atoms with Gasteiger partial charge in [-0.25, -0.2) is 0 Å². The van der Waals surface area contributed by atoms with Crippen molar-refractivity contribution >= 4 is 7.32 Å². The predicted molar refractivity (Wildman–Crippen MR) is 184 cm³/mol. The molecule has 0 aromatic heterocycles. The molecule has 0 aliphatic rings. The Kier molecular flexibility index (Phi) is 18.2. The summed E-state index contributed by atoms with van der Waals surface area (Å²) >= 11 is 0. The van der Waals surface area contributed by atoms with E-state index in [1.807, 2.05) is 18.2 Å². The van der Waals surface area contributed by atoms with Crippen LogP contribution in [0.1, 0.15) is 109 Å². The minimum Gasteiger partial charge on any atom is -0.402 e. The molecule has 3 aromatic carbocycles. The summed E-state index contributed by atoms with van der Waals surface area (Å²) in [6, 6.07) is 31.4. The smallest absolute Gasteiger partial charge is 0.402 e. The lowest BCUT2D eigenvalue weighted by molar-refractivity contribution is -0.929. The molecule has 0 saturated heterocycles. The molecule has 0 heterocycles. The Hall–Kier alpha value is -2.44. The van der Waals surface area contributed by atoms with Gasteiger partial charge in [0, 0.05) is 12.0 Å². The molecule has 0 saturated carbocycles. The van der Waals surface area contributed by atoms with Crippen molar-refractivity contribution in [2.75, 3.05) is 32.8 Å². The van der Waals surface area contributed by atoms with E-state index in [1.54, 1.807) is 0 Å². The van der Waals surface area contributed by atoms with E-state index in [1.165, 1.54) is 98.7 Å². The lowest BCUT2D eigenvalue weighted by atomic mass is 9.67. The second-order valence-electron chi connectivity index (χ2n) is 12.0. The first-order chi connectivity index (χ1) is 21.0. The molecule has 0 unspecified atom stereocenters. The van der Waals surface area contributed by atoms with Crippen molar-refractivity contribution in [3.8, 4) is 0 Å². The standard InChI is InChI=1S/C22H23BO3.C16H36N/c24-23(25)26-18-10-17-22(19-11-4-1-5-12-19,20-13-6-2-7-14-20)21-15-8-3-9-16-21;1-5-9-13-17(14-10-6-2,15-11-7-3)16-12-8-4/h1-9,11-16,24-25H,10,17-18H2;5-16H2,1-4H3/q;+1. The number of rotatable bonds is 20. The van der Waals surface area contributed by atoms with Crippen LogP contribution in [0.3, 0.4) is 0 Å². The van der Waals surface area contributed by atoms with Crippen molar-refractivity contribution < 1.29 is 19.2 Å². The quantitative estimate of drug-likeness (QED) is 0.0600. The number of benzene rings is 3. The van der Waals surface area contributed by atoms with E-state index in [0.29, 0.717) is 6.42 Å². The zero-order valence-corrected chi connectivity index (χ0v) is 27.6. The Labute approximate surface area is 263 Å². The fourth-order valence-corrected chi connectivity index (χ4v) is 6.27. The van der Waals surface area contributed by atoms with Gasteiger partial charge in [-0.3, -0.25) is 0 Å². The van der Waals surface area contributed by atoms with E-state index in [4.69, 9.17) is 14.7 Å². The first-order valence-electron chi connectivity index (χ1n) is 17.0. The fourth-order valence-electron chi connectivity index (χ4n) is 6.27. The molecule has 0 amide bonds. The van der Waals surface area contributed by atoms with Gasteiger partial charge in [0.2, 0.25) is 0 Å². The molecule has 43 heavy (non-hydrogen) atoms. The normalized spacial score (nSPS) is 11.6. The Morgan fingerprint density at radius 3 is 1.14 bits per heavy atom. The third kappa shape index (κ3) is 12.2. The average Bonchev–Trinajstić information content (AvgIpc) is 3.06. The molecular formula is C38H59BNO3+. The van der Waals surface area contributed by atoms with Crippen molar-refractivity contribution in [2.24, 2.45) is 0 Å². The first kappa shape index (κ1) is 36.8. The van der Waals surface area contributed by atoms with Crippen LogP contribution in [0.15, 0.2) is 91.0 Å². The molecule has 3 aromatic rings. The highest BCUT2D eigenvalue weighted by Crippen LogP contribution is 2.42. The third-order valence-corrected chi connectivity index (χ3v) is 8.71. The van der Waals surface area contributed by atoms with E-state index < -0.39 is 7.32 Å². The van der Waals surface area contributed by atoms with E-state index in [2.05, 4.69) is 100 Å². The van der Waals surface area contributed by atoms with Crippen molar-refractivity contribution in [1.82, 2.24) is 0 Å². The molecule has 0 aliphatic heterocycles. The summed E-state index contributed by atoms with van der Waals surface area (Å²) in [4.78, 5) is 0. The van der Waals surface area contributed by atoms with Crippen molar-refractivity contribution in [2.45, 2.75) is 97.3 Å². The Balaban J connectivity index is 0.000000332. The summed E-state index contributed by atoms with van der Waals surface area (Å²) in [5.74, 6) is 0. The van der Waals surface area contributed by atoms with Crippen LogP contribution in [0.25, 0.3) is 0 Å². The highest BCUT2D eigenvalue weighted by molar-refractivity contribution is 6.32. The molecule has 0 fully saturated rings. The van der Waals surface area contributed by atoms with Crippen molar-refractivity contribution in [1.29, 1.82) is 0 Å². The van der Waals surface area contributed by atoms with Crippen LogP contribution in [-0.2, 0) is 10.1 Å². The number of hydrogen-bond donors (Lipinski definition) is 2. The van der Waals surface area contributed by atoms with Gasteiger partial charge in [0.15, 0.2) is 0 Å². The van der Waals surface area contributed by atoms with Crippen LogP contribution >= 0.6 is 0 Å². The highest BCUT2D eigenvalue weighted by Gasteiger charge is 2.35. The SMILES string of the molecule is CCCC[N+](CCCC)(CCCC)CCCC.OB(O)OCCCC(c1ccccc1)(c1ccccc1)c1ccccc1. The van der Waals surface area contributed by atoms with Gasteiger partial charge >= 0.3 is 7.32 Å². The topological polar surface area (TPSA) is 49.7 Å². The van der Waals surface area contributed by atoms with Gasteiger partial charge in [0.05, 0.1) is 26.2 Å². The summed E-state index contributed by atoms with van der Waals surface area (Å²) in [6.07, 6.45) is 12.5. The van der Waals surface area contributed by atoms with Gasteiger partial charge in [0.25, 0.3) is 0 Å². The second kappa shape index (κ2) is 21.3. The maximum atomic E-state index is 8.97. The molecule has 2 N–H and O–H groups in total. The summed E-state index contributed by atoms with van der Waals surface area (Å²) in [5.41, 5.74) is 3.30. The zero-order valence-electron chi connectivity index (χ0n) is 27.6. The lowest BCUT2D eigenvalue weighted by Crippen LogP contribution is -2.50. The number of nitrogens with zero attached hydrogens (tertiary/aromatic N) is 1. The molecule has 0 atom stereocenters. The zero-order chi connectivity index (χ0) is 31.2. The lowest BCUT2D eigenvalue weighted by Gasteiger charge is -2.39. The van der Waals surface area contributed by atoms with Crippen LogP contribution in [0.5, 0.6) is 0 Å². The van der Waals surface area contributed by atoms with E-state index in [-0.39, 0.29) is 12.0 Å². The number of unbranched alkanes of at least 4 members (excludes halogenated alkanes) is 4. The molecule has 236 valence electrons. The average molecular weight is 589 g/mol. The summed E-state index contributed by atoms with van der Waals surface area (Å²) in [5, 5.41) is 17.9. The molecule has 4 nitrogen and oxygen atoms in total. The summed E-state index contributed by atoms with van der Waals surface area (Å²) < 4.78 is 6.38. The van der Waals surface area contributed by atoms with E-state index in [9.17, 15) is 0 Å². The molecule has 5 heteroatoms. The van der Waals surface area contributed by atoms with Crippen LogP contribution in [0.2, 0.25) is 0 Å². The van der Waals surface area contributed by atoms with Gasteiger partial charge in [-0.05, 0) is 55.2 Å². The maximum absolute atomic E-state index is 8.97. The number of quaternary nitrogens is 1. The fraction of sp³-hybridized carbons (Fsp3) is 0.526. The summed E-state index contributed by atoms with van der Waals surface area (Å²) in [7, 11) is -1.73. The first-order valence-corrected chi connectivity index (χ1v) is 17.0.